The van der Waals surface area contributed by atoms with E-state index in [9.17, 15) is 4.79 Å². The monoisotopic (exact) mass is 226 g/mol. The number of benzene rings is 1. The molecule has 84 valence electrons. The van der Waals surface area contributed by atoms with Gasteiger partial charge in [0, 0.05) is 12.6 Å². The standard InChI is InChI=1S/C13H10N2O2/c1-15-13(16)10-7-11(17-12(10)8-14-15)9-5-3-2-4-6-9/h2-8H,1H3. The van der Waals surface area contributed by atoms with Gasteiger partial charge in [0.15, 0.2) is 5.58 Å². The normalized spacial score (nSPS) is 10.9. The molecular weight excluding hydrogens is 216 g/mol. The van der Waals surface area contributed by atoms with Crippen LogP contribution in [0.2, 0.25) is 0 Å². The van der Waals surface area contributed by atoms with E-state index in [1.54, 1.807) is 19.3 Å². The fourth-order valence-electron chi connectivity index (χ4n) is 1.78. The second-order valence-corrected chi connectivity index (χ2v) is 3.83. The van der Waals surface area contributed by atoms with E-state index in [1.165, 1.54) is 4.68 Å². The summed E-state index contributed by atoms with van der Waals surface area (Å²) in [4.78, 5) is 11.8. The maximum Gasteiger partial charge on any atom is 0.277 e. The first kappa shape index (κ1) is 9.84. The van der Waals surface area contributed by atoms with Crippen molar-refractivity contribution < 1.29 is 4.42 Å². The molecular formula is C13H10N2O2. The Morgan fingerprint density at radius 1 is 1.24 bits per heavy atom. The first-order valence-electron chi connectivity index (χ1n) is 5.27. The van der Waals surface area contributed by atoms with Crippen molar-refractivity contribution in [3.8, 4) is 11.3 Å². The van der Waals surface area contributed by atoms with Gasteiger partial charge >= 0.3 is 0 Å². The number of hydrogen-bond donors (Lipinski definition) is 0. The van der Waals surface area contributed by atoms with Crippen molar-refractivity contribution in [1.82, 2.24) is 9.78 Å². The molecule has 0 bridgehead atoms. The molecule has 0 amide bonds. The van der Waals surface area contributed by atoms with Crippen LogP contribution in [0.15, 0.2) is 51.8 Å². The Kier molecular flexibility index (Phi) is 2.08. The summed E-state index contributed by atoms with van der Waals surface area (Å²) in [5.74, 6) is 0.686. The molecule has 0 unspecified atom stereocenters. The Labute approximate surface area is 97.1 Å². The van der Waals surface area contributed by atoms with Gasteiger partial charge in [-0.3, -0.25) is 4.79 Å². The number of rotatable bonds is 1. The van der Waals surface area contributed by atoms with E-state index in [0.29, 0.717) is 16.7 Å². The molecule has 2 heterocycles. The molecule has 3 rings (SSSR count). The average Bonchev–Trinajstić information content (AvgIpc) is 2.80. The fourth-order valence-corrected chi connectivity index (χ4v) is 1.78. The summed E-state index contributed by atoms with van der Waals surface area (Å²) < 4.78 is 6.91. The lowest BCUT2D eigenvalue weighted by Gasteiger charge is -1.93. The Balaban J connectivity index is 2.28. The average molecular weight is 226 g/mol. The number of hydrogen-bond acceptors (Lipinski definition) is 3. The van der Waals surface area contributed by atoms with Crippen molar-refractivity contribution in [2.75, 3.05) is 0 Å². The van der Waals surface area contributed by atoms with Crippen LogP contribution in [0.25, 0.3) is 22.3 Å². The van der Waals surface area contributed by atoms with Crippen molar-refractivity contribution in [3.63, 3.8) is 0 Å². The maximum absolute atomic E-state index is 11.8. The predicted molar refractivity (Wildman–Crippen MR) is 64.7 cm³/mol. The van der Waals surface area contributed by atoms with Crippen molar-refractivity contribution in [3.05, 3.63) is 52.9 Å². The second kappa shape index (κ2) is 3.59. The topological polar surface area (TPSA) is 48.0 Å². The molecule has 0 fully saturated rings. The van der Waals surface area contributed by atoms with Crippen molar-refractivity contribution in [2.24, 2.45) is 7.05 Å². The molecule has 0 aliphatic carbocycles. The minimum absolute atomic E-state index is 0.145. The highest BCUT2D eigenvalue weighted by Gasteiger charge is 2.09. The lowest BCUT2D eigenvalue weighted by Crippen LogP contribution is -2.17. The highest BCUT2D eigenvalue weighted by molar-refractivity contribution is 5.81. The molecule has 3 aromatic rings. The van der Waals surface area contributed by atoms with Gasteiger partial charge in [0.25, 0.3) is 5.56 Å². The molecule has 4 nitrogen and oxygen atoms in total. The van der Waals surface area contributed by atoms with Crippen LogP contribution in [0.3, 0.4) is 0 Å². The number of fused-ring (bicyclic) bond motifs is 1. The van der Waals surface area contributed by atoms with Crippen molar-refractivity contribution >= 4 is 11.0 Å². The Morgan fingerprint density at radius 3 is 2.76 bits per heavy atom. The quantitative estimate of drug-likeness (QED) is 0.639. The Morgan fingerprint density at radius 2 is 2.00 bits per heavy atom. The fraction of sp³-hybridized carbons (Fsp3) is 0.0769. The van der Waals surface area contributed by atoms with Gasteiger partial charge in [-0.25, -0.2) is 4.68 Å². The number of aromatic nitrogens is 2. The zero-order chi connectivity index (χ0) is 11.8. The smallest absolute Gasteiger partial charge is 0.277 e. The largest absolute Gasteiger partial charge is 0.454 e. The van der Waals surface area contributed by atoms with Crippen LogP contribution < -0.4 is 5.56 Å². The van der Waals surface area contributed by atoms with Gasteiger partial charge in [0.1, 0.15) is 5.76 Å². The highest BCUT2D eigenvalue weighted by Crippen LogP contribution is 2.24. The predicted octanol–water partition coefficient (Wildman–Crippen LogP) is 2.19. The van der Waals surface area contributed by atoms with E-state index < -0.39 is 0 Å². The number of aryl methyl sites for hydroxylation is 1. The van der Waals surface area contributed by atoms with Crippen LogP contribution in [0.5, 0.6) is 0 Å². The third-order valence-electron chi connectivity index (χ3n) is 2.69. The van der Waals surface area contributed by atoms with E-state index in [-0.39, 0.29) is 5.56 Å². The molecule has 0 aliphatic rings. The SMILES string of the molecule is Cn1ncc2oc(-c3ccccc3)cc2c1=O. The zero-order valence-electron chi connectivity index (χ0n) is 9.25. The van der Waals surface area contributed by atoms with E-state index in [2.05, 4.69) is 5.10 Å². The lowest BCUT2D eigenvalue weighted by atomic mass is 10.2. The van der Waals surface area contributed by atoms with Gasteiger partial charge in [-0.1, -0.05) is 30.3 Å². The summed E-state index contributed by atoms with van der Waals surface area (Å²) in [6.45, 7) is 0. The second-order valence-electron chi connectivity index (χ2n) is 3.83. The molecule has 17 heavy (non-hydrogen) atoms. The lowest BCUT2D eigenvalue weighted by molar-refractivity contribution is 0.621. The first-order chi connectivity index (χ1) is 8.25. The molecule has 0 N–H and O–H groups in total. The Bertz CT molecular complexity index is 726. The summed E-state index contributed by atoms with van der Waals surface area (Å²) in [6, 6.07) is 11.4. The van der Waals surface area contributed by atoms with Crippen molar-refractivity contribution in [1.29, 1.82) is 0 Å². The number of nitrogens with zero attached hydrogens (tertiary/aromatic N) is 2. The molecule has 1 aromatic carbocycles. The third kappa shape index (κ3) is 1.54. The minimum Gasteiger partial charge on any atom is -0.454 e. The molecule has 0 radical (unpaired) electrons. The minimum atomic E-state index is -0.145. The van der Waals surface area contributed by atoms with Crippen LogP contribution in [-0.2, 0) is 7.05 Å². The van der Waals surface area contributed by atoms with Crippen molar-refractivity contribution in [2.45, 2.75) is 0 Å². The van der Waals surface area contributed by atoms with Gasteiger partial charge in [0.2, 0.25) is 0 Å². The number of furan rings is 1. The van der Waals surface area contributed by atoms with E-state index in [4.69, 9.17) is 4.42 Å². The van der Waals surface area contributed by atoms with E-state index in [0.717, 1.165) is 5.56 Å². The van der Waals surface area contributed by atoms with E-state index in [1.807, 2.05) is 30.3 Å². The van der Waals surface area contributed by atoms with Gasteiger partial charge in [-0.15, -0.1) is 0 Å². The van der Waals surface area contributed by atoms with Crippen LogP contribution in [0.1, 0.15) is 0 Å². The van der Waals surface area contributed by atoms with Gasteiger partial charge in [-0.05, 0) is 6.07 Å². The molecule has 0 atom stereocenters. The molecule has 0 aliphatic heterocycles. The summed E-state index contributed by atoms with van der Waals surface area (Å²) >= 11 is 0. The van der Waals surface area contributed by atoms with Crippen LogP contribution >= 0.6 is 0 Å². The highest BCUT2D eigenvalue weighted by atomic mass is 16.3. The molecule has 2 aromatic heterocycles. The summed E-state index contributed by atoms with van der Waals surface area (Å²) in [6.07, 6.45) is 1.56. The first-order valence-corrected chi connectivity index (χ1v) is 5.27. The summed E-state index contributed by atoms with van der Waals surface area (Å²) in [7, 11) is 1.62. The molecule has 4 heteroatoms. The van der Waals surface area contributed by atoms with Gasteiger partial charge in [-0.2, -0.15) is 5.10 Å². The van der Waals surface area contributed by atoms with Gasteiger partial charge in [0.05, 0.1) is 11.6 Å². The van der Waals surface area contributed by atoms with Crippen LogP contribution in [0, 0.1) is 0 Å². The maximum atomic E-state index is 11.8. The third-order valence-corrected chi connectivity index (χ3v) is 2.69. The van der Waals surface area contributed by atoms with Crippen LogP contribution in [-0.4, -0.2) is 9.78 Å². The molecule has 0 saturated heterocycles. The zero-order valence-corrected chi connectivity index (χ0v) is 9.25. The Hall–Kier alpha value is -2.36. The molecule has 0 saturated carbocycles. The summed E-state index contributed by atoms with van der Waals surface area (Å²) in [5, 5.41) is 4.48. The molecule has 0 spiro atoms. The summed E-state index contributed by atoms with van der Waals surface area (Å²) in [5.41, 5.74) is 1.33. The van der Waals surface area contributed by atoms with E-state index >= 15 is 0 Å². The van der Waals surface area contributed by atoms with Crippen LogP contribution in [0.4, 0.5) is 0 Å². The van der Waals surface area contributed by atoms with Gasteiger partial charge < -0.3 is 4.42 Å².